The number of hydrogen-bond acceptors (Lipinski definition) is 2. The molecule has 0 saturated carbocycles. The van der Waals surface area contributed by atoms with Crippen molar-refractivity contribution < 1.29 is 4.74 Å². The first kappa shape index (κ1) is 16.6. The summed E-state index contributed by atoms with van der Waals surface area (Å²) >= 11 is 7.09. The highest BCUT2D eigenvalue weighted by atomic mass is 79.9. The van der Waals surface area contributed by atoms with Crippen LogP contribution in [0.4, 0.5) is 0 Å². The summed E-state index contributed by atoms with van der Waals surface area (Å²) in [7, 11) is 0. The van der Waals surface area contributed by atoms with Gasteiger partial charge in [0, 0.05) is 12.5 Å². The van der Waals surface area contributed by atoms with Crippen LogP contribution in [-0.4, -0.2) is 12.6 Å². The predicted molar refractivity (Wildman–Crippen MR) is 87.4 cm³/mol. The van der Waals surface area contributed by atoms with E-state index < -0.39 is 0 Å². The van der Waals surface area contributed by atoms with Gasteiger partial charge in [0.15, 0.2) is 0 Å². The molecule has 0 aliphatic carbocycles. The average molecular weight is 389 g/mol. The summed E-state index contributed by atoms with van der Waals surface area (Å²) < 4.78 is 7.63. The minimum atomic E-state index is 0.199. The highest BCUT2D eigenvalue weighted by Crippen LogP contribution is 2.35. The summed E-state index contributed by atoms with van der Waals surface area (Å²) in [6, 6.07) is 4.34. The number of hydrogen-bond donors (Lipinski definition) is 1. The molecule has 0 amide bonds. The summed E-state index contributed by atoms with van der Waals surface area (Å²) in [5.74, 6) is 6.66. The third kappa shape index (κ3) is 5.56. The van der Waals surface area contributed by atoms with Crippen LogP contribution in [0.1, 0.15) is 32.3 Å². The molecule has 1 rings (SSSR count). The van der Waals surface area contributed by atoms with E-state index in [0.29, 0.717) is 6.61 Å². The van der Waals surface area contributed by atoms with Crippen molar-refractivity contribution in [2.45, 2.75) is 39.2 Å². The molecule has 0 aliphatic heterocycles. The van der Waals surface area contributed by atoms with Crippen LogP contribution in [0.15, 0.2) is 21.1 Å². The third-order valence-electron chi connectivity index (χ3n) is 2.73. The summed E-state index contributed by atoms with van der Waals surface area (Å²) in [4.78, 5) is 0. The average Bonchev–Trinajstić information content (AvgIpc) is 2.37. The van der Waals surface area contributed by atoms with Gasteiger partial charge in [-0.2, -0.15) is 0 Å². The van der Waals surface area contributed by atoms with Crippen molar-refractivity contribution in [2.75, 3.05) is 6.61 Å². The Kier molecular flexibility index (Phi) is 7.52. The van der Waals surface area contributed by atoms with Gasteiger partial charge in [-0.05, 0) is 69.3 Å². The van der Waals surface area contributed by atoms with Crippen molar-refractivity contribution in [2.24, 2.45) is 5.73 Å². The zero-order valence-corrected chi connectivity index (χ0v) is 14.5. The Morgan fingerprint density at radius 1 is 1.32 bits per heavy atom. The zero-order valence-electron chi connectivity index (χ0n) is 11.3. The van der Waals surface area contributed by atoms with Gasteiger partial charge in [0.2, 0.25) is 0 Å². The van der Waals surface area contributed by atoms with Gasteiger partial charge in [0.25, 0.3) is 0 Å². The molecular formula is C15H19Br2NO. The van der Waals surface area contributed by atoms with E-state index in [1.807, 2.05) is 6.92 Å². The second kappa shape index (κ2) is 8.63. The van der Waals surface area contributed by atoms with E-state index in [1.165, 1.54) is 5.56 Å². The fourth-order valence-electron chi connectivity index (χ4n) is 1.64. The monoisotopic (exact) mass is 387 g/mol. The van der Waals surface area contributed by atoms with Crippen molar-refractivity contribution in [1.82, 2.24) is 0 Å². The van der Waals surface area contributed by atoms with Gasteiger partial charge in [0.05, 0.1) is 15.6 Å². The van der Waals surface area contributed by atoms with Crippen LogP contribution in [-0.2, 0) is 6.42 Å². The molecule has 0 fully saturated rings. The topological polar surface area (TPSA) is 35.2 Å². The lowest BCUT2D eigenvalue weighted by atomic mass is 10.0. The minimum absolute atomic E-state index is 0.199. The largest absolute Gasteiger partial charge is 0.490 e. The van der Waals surface area contributed by atoms with Crippen molar-refractivity contribution in [1.29, 1.82) is 0 Å². The first-order valence-electron chi connectivity index (χ1n) is 6.34. The maximum Gasteiger partial charge on any atom is 0.147 e. The molecular weight excluding hydrogens is 370 g/mol. The molecule has 0 heterocycles. The van der Waals surface area contributed by atoms with Gasteiger partial charge in [-0.25, -0.2) is 0 Å². The van der Waals surface area contributed by atoms with Crippen LogP contribution in [0.3, 0.4) is 0 Å². The van der Waals surface area contributed by atoms with Crippen LogP contribution in [0.5, 0.6) is 5.75 Å². The Bertz CT molecular complexity index is 454. The molecule has 1 unspecified atom stereocenters. The standard InChI is InChI=1S/C15H19Br2NO/c1-3-5-6-7-19-15-13(16)9-11(10-14(15)17)8-12(18)4-2/h9-10,12H,4,6-8,18H2,1-2H3. The molecule has 0 aromatic heterocycles. The van der Waals surface area contributed by atoms with E-state index in [1.54, 1.807) is 0 Å². The fraction of sp³-hybridized carbons (Fsp3) is 0.467. The minimum Gasteiger partial charge on any atom is -0.490 e. The summed E-state index contributed by atoms with van der Waals surface area (Å²) in [6.45, 7) is 4.52. The molecule has 0 spiro atoms. The second-order valence-corrected chi connectivity index (χ2v) is 5.99. The van der Waals surface area contributed by atoms with Gasteiger partial charge in [-0.1, -0.05) is 6.92 Å². The van der Waals surface area contributed by atoms with Crippen LogP contribution < -0.4 is 10.5 Å². The van der Waals surface area contributed by atoms with Crippen molar-refractivity contribution >= 4 is 31.9 Å². The van der Waals surface area contributed by atoms with E-state index in [4.69, 9.17) is 10.5 Å². The molecule has 1 aromatic rings. The lowest BCUT2D eigenvalue weighted by Crippen LogP contribution is -2.21. The maximum absolute atomic E-state index is 5.98. The normalized spacial score (nSPS) is 11.6. The molecule has 0 saturated heterocycles. The van der Waals surface area contributed by atoms with Crippen LogP contribution in [0, 0.1) is 11.8 Å². The number of rotatable bonds is 6. The zero-order chi connectivity index (χ0) is 14.3. The van der Waals surface area contributed by atoms with Gasteiger partial charge in [0.1, 0.15) is 5.75 Å². The predicted octanol–water partition coefficient (Wildman–Crippen LogP) is 4.28. The quantitative estimate of drug-likeness (QED) is 0.582. The molecule has 1 aromatic carbocycles. The first-order valence-corrected chi connectivity index (χ1v) is 7.93. The molecule has 2 N–H and O–H groups in total. The van der Waals surface area contributed by atoms with Crippen LogP contribution in [0.2, 0.25) is 0 Å². The molecule has 0 aliphatic rings. The molecule has 2 nitrogen and oxygen atoms in total. The van der Waals surface area contributed by atoms with Gasteiger partial charge in [-0.15, -0.1) is 11.8 Å². The number of ether oxygens (including phenoxy) is 1. The van der Waals surface area contributed by atoms with Gasteiger partial charge >= 0.3 is 0 Å². The van der Waals surface area contributed by atoms with Gasteiger partial charge in [-0.3, -0.25) is 0 Å². The van der Waals surface area contributed by atoms with E-state index in [-0.39, 0.29) is 6.04 Å². The lowest BCUT2D eigenvalue weighted by Gasteiger charge is -2.13. The summed E-state index contributed by atoms with van der Waals surface area (Å²) in [5, 5.41) is 0. The van der Waals surface area contributed by atoms with Crippen molar-refractivity contribution in [3.8, 4) is 17.6 Å². The van der Waals surface area contributed by atoms with Crippen LogP contribution in [0.25, 0.3) is 0 Å². The SMILES string of the molecule is CC#CCCOc1c(Br)cc(CC(N)CC)cc1Br. The lowest BCUT2D eigenvalue weighted by molar-refractivity contribution is 0.323. The number of halogens is 2. The fourth-order valence-corrected chi connectivity index (χ4v) is 3.15. The molecule has 1 atom stereocenters. The highest BCUT2D eigenvalue weighted by Gasteiger charge is 2.10. The smallest absolute Gasteiger partial charge is 0.147 e. The van der Waals surface area contributed by atoms with E-state index in [9.17, 15) is 0 Å². The summed E-state index contributed by atoms with van der Waals surface area (Å²) in [5.41, 5.74) is 7.18. The number of nitrogens with two attached hydrogens (primary N) is 1. The Labute approximate surface area is 132 Å². The molecule has 4 heteroatoms. The van der Waals surface area contributed by atoms with Crippen molar-refractivity contribution in [3.63, 3.8) is 0 Å². The first-order chi connectivity index (χ1) is 9.08. The molecule has 19 heavy (non-hydrogen) atoms. The van der Waals surface area contributed by atoms with E-state index in [0.717, 1.165) is 34.0 Å². The van der Waals surface area contributed by atoms with E-state index in [2.05, 4.69) is 62.8 Å². The van der Waals surface area contributed by atoms with E-state index >= 15 is 0 Å². The Balaban J connectivity index is 2.75. The third-order valence-corrected chi connectivity index (χ3v) is 3.91. The summed E-state index contributed by atoms with van der Waals surface area (Å²) in [6.07, 6.45) is 2.58. The molecule has 0 radical (unpaired) electrons. The van der Waals surface area contributed by atoms with Crippen LogP contribution >= 0.6 is 31.9 Å². The van der Waals surface area contributed by atoms with Gasteiger partial charge < -0.3 is 10.5 Å². The van der Waals surface area contributed by atoms with Crippen molar-refractivity contribution in [3.05, 3.63) is 26.6 Å². The molecule has 0 bridgehead atoms. The number of benzene rings is 1. The Hall–Kier alpha value is -0.500. The highest BCUT2D eigenvalue weighted by molar-refractivity contribution is 9.11. The Morgan fingerprint density at radius 2 is 1.95 bits per heavy atom. The second-order valence-electron chi connectivity index (χ2n) is 4.29. The maximum atomic E-state index is 5.98. The Morgan fingerprint density at radius 3 is 2.47 bits per heavy atom. The molecule has 104 valence electrons.